The highest BCUT2D eigenvalue weighted by atomic mass is 19.1. The number of hydrogen-bond acceptors (Lipinski definition) is 3. The Bertz CT molecular complexity index is 1200. The molecule has 4 rings (SSSR count). The minimum absolute atomic E-state index is 0.0945. The highest BCUT2D eigenvalue weighted by Gasteiger charge is 2.33. The van der Waals surface area contributed by atoms with Gasteiger partial charge in [-0.25, -0.2) is 4.39 Å². The number of benzene rings is 2. The lowest BCUT2D eigenvalue weighted by molar-refractivity contribution is 0.103. The van der Waals surface area contributed by atoms with Gasteiger partial charge < -0.3 is 5.11 Å². The molecule has 2 aromatic carbocycles. The van der Waals surface area contributed by atoms with Crippen LogP contribution in [0.15, 0.2) is 48.5 Å². The first-order valence-corrected chi connectivity index (χ1v) is 12.6. The summed E-state index contributed by atoms with van der Waals surface area (Å²) in [6.07, 6.45) is 3.93. The molecule has 1 aliphatic carbocycles. The molecular formula is C31H36FNO2. The van der Waals surface area contributed by atoms with Crippen molar-refractivity contribution in [3.05, 3.63) is 88.0 Å². The van der Waals surface area contributed by atoms with E-state index in [1.165, 1.54) is 12.1 Å². The van der Waals surface area contributed by atoms with Crippen LogP contribution in [0.4, 0.5) is 4.39 Å². The third-order valence-corrected chi connectivity index (χ3v) is 7.01. The second-order valence-corrected chi connectivity index (χ2v) is 11.2. The number of rotatable bonds is 6. The summed E-state index contributed by atoms with van der Waals surface area (Å²) in [4.78, 5) is 19.2. The molecule has 0 amide bonds. The van der Waals surface area contributed by atoms with Crippen LogP contribution in [0.1, 0.15) is 103 Å². The summed E-state index contributed by atoms with van der Waals surface area (Å²) in [5, 5.41) is 11.5. The Morgan fingerprint density at radius 2 is 1.63 bits per heavy atom. The number of nitrogens with zero attached hydrogens (tertiary/aromatic N) is 1. The maximum absolute atomic E-state index is 14.2. The third kappa shape index (κ3) is 5.54. The SMILES string of the molecule is Cc1ccc(C(=O)c2c(C3CCCC3)nc(C)c([C@@H](O)CC(C)(C)C)c2-c2ccc(F)cc2)cc1. The van der Waals surface area contributed by atoms with Crippen molar-refractivity contribution in [2.24, 2.45) is 5.41 Å². The van der Waals surface area contributed by atoms with Crippen molar-refractivity contribution in [3.63, 3.8) is 0 Å². The number of carbonyl (C=O) groups is 1. The Balaban J connectivity index is 2.04. The molecule has 0 unspecified atom stereocenters. The lowest BCUT2D eigenvalue weighted by atomic mass is 9.80. The third-order valence-electron chi connectivity index (χ3n) is 7.01. The fraction of sp³-hybridized carbons (Fsp3) is 0.419. The van der Waals surface area contributed by atoms with E-state index in [1.54, 1.807) is 12.1 Å². The summed E-state index contributed by atoms with van der Waals surface area (Å²) in [6.45, 7) is 10.2. The number of aryl methyl sites for hydroxylation is 2. The van der Waals surface area contributed by atoms with E-state index in [4.69, 9.17) is 4.98 Å². The van der Waals surface area contributed by atoms with E-state index < -0.39 is 6.10 Å². The summed E-state index contributed by atoms with van der Waals surface area (Å²) >= 11 is 0. The average Bonchev–Trinajstić information content (AvgIpc) is 3.32. The molecule has 0 spiro atoms. The quantitative estimate of drug-likeness (QED) is 0.371. The molecule has 0 radical (unpaired) electrons. The van der Waals surface area contributed by atoms with Crippen molar-refractivity contribution in [2.45, 2.75) is 78.7 Å². The molecule has 1 aromatic heterocycles. The minimum Gasteiger partial charge on any atom is -0.388 e. The fourth-order valence-corrected chi connectivity index (χ4v) is 5.32. The van der Waals surface area contributed by atoms with Gasteiger partial charge in [0.2, 0.25) is 0 Å². The van der Waals surface area contributed by atoms with Gasteiger partial charge in [-0.1, -0.05) is 75.6 Å². The van der Waals surface area contributed by atoms with Gasteiger partial charge in [0.1, 0.15) is 5.82 Å². The van der Waals surface area contributed by atoms with Crippen molar-refractivity contribution in [2.75, 3.05) is 0 Å². The molecule has 1 fully saturated rings. The van der Waals surface area contributed by atoms with Crippen LogP contribution in [0.2, 0.25) is 0 Å². The molecule has 4 heteroatoms. The maximum Gasteiger partial charge on any atom is 0.195 e. The Kier molecular flexibility index (Phi) is 7.23. The Labute approximate surface area is 208 Å². The van der Waals surface area contributed by atoms with Gasteiger partial charge in [-0.2, -0.15) is 0 Å². The summed E-state index contributed by atoms with van der Waals surface area (Å²) < 4.78 is 13.9. The minimum atomic E-state index is -0.801. The van der Waals surface area contributed by atoms with Crippen LogP contribution in [0.5, 0.6) is 0 Å². The van der Waals surface area contributed by atoms with Crippen LogP contribution >= 0.6 is 0 Å². The van der Waals surface area contributed by atoms with Crippen LogP contribution < -0.4 is 0 Å². The Hall–Kier alpha value is -2.85. The molecule has 35 heavy (non-hydrogen) atoms. The second-order valence-electron chi connectivity index (χ2n) is 11.2. The van der Waals surface area contributed by atoms with Crippen LogP contribution in [0.3, 0.4) is 0 Å². The Morgan fingerprint density at radius 3 is 2.20 bits per heavy atom. The summed E-state index contributed by atoms with van der Waals surface area (Å²) in [7, 11) is 0. The number of hydrogen-bond donors (Lipinski definition) is 1. The van der Waals surface area contributed by atoms with Crippen molar-refractivity contribution < 1.29 is 14.3 Å². The summed E-state index contributed by atoms with van der Waals surface area (Å²) in [6, 6.07) is 13.9. The molecule has 0 bridgehead atoms. The van der Waals surface area contributed by atoms with E-state index in [0.717, 1.165) is 48.2 Å². The fourth-order valence-electron chi connectivity index (χ4n) is 5.32. The highest BCUT2D eigenvalue weighted by Crippen LogP contribution is 2.44. The number of aromatic nitrogens is 1. The topological polar surface area (TPSA) is 50.2 Å². The van der Waals surface area contributed by atoms with Gasteiger partial charge in [-0.05, 0) is 56.2 Å². The lowest BCUT2D eigenvalue weighted by Crippen LogP contribution is -2.19. The first kappa shape index (κ1) is 25.2. The number of halogens is 1. The van der Waals surface area contributed by atoms with Gasteiger partial charge in [0.15, 0.2) is 5.78 Å². The van der Waals surface area contributed by atoms with Gasteiger partial charge >= 0.3 is 0 Å². The number of pyridine rings is 1. The maximum atomic E-state index is 14.2. The van der Waals surface area contributed by atoms with Crippen LogP contribution in [-0.4, -0.2) is 15.9 Å². The predicted molar refractivity (Wildman–Crippen MR) is 139 cm³/mol. The van der Waals surface area contributed by atoms with Crippen molar-refractivity contribution >= 4 is 5.78 Å². The molecule has 1 saturated carbocycles. The normalized spacial score (nSPS) is 15.4. The molecule has 3 nitrogen and oxygen atoms in total. The van der Waals surface area contributed by atoms with E-state index in [0.29, 0.717) is 28.7 Å². The first-order valence-electron chi connectivity index (χ1n) is 12.6. The average molecular weight is 474 g/mol. The van der Waals surface area contributed by atoms with Crippen LogP contribution in [-0.2, 0) is 0 Å². The van der Waals surface area contributed by atoms with Gasteiger partial charge in [-0.3, -0.25) is 9.78 Å². The zero-order valence-electron chi connectivity index (χ0n) is 21.5. The first-order chi connectivity index (χ1) is 16.5. The molecule has 1 N–H and O–H groups in total. The van der Waals surface area contributed by atoms with Gasteiger partial charge in [0.25, 0.3) is 0 Å². The van der Waals surface area contributed by atoms with Crippen molar-refractivity contribution in [3.8, 4) is 11.1 Å². The zero-order valence-corrected chi connectivity index (χ0v) is 21.5. The molecule has 0 aliphatic heterocycles. The van der Waals surface area contributed by atoms with E-state index in [2.05, 4.69) is 20.8 Å². The smallest absolute Gasteiger partial charge is 0.195 e. The molecule has 1 atom stereocenters. The van der Waals surface area contributed by atoms with Crippen LogP contribution in [0, 0.1) is 25.1 Å². The van der Waals surface area contributed by atoms with Crippen LogP contribution in [0.25, 0.3) is 11.1 Å². The number of ketones is 1. The molecular weight excluding hydrogens is 437 g/mol. The van der Waals surface area contributed by atoms with Crippen molar-refractivity contribution in [1.29, 1.82) is 0 Å². The second kappa shape index (κ2) is 10.0. The summed E-state index contributed by atoms with van der Waals surface area (Å²) in [5.41, 5.74) is 5.76. The summed E-state index contributed by atoms with van der Waals surface area (Å²) in [5.74, 6) is -0.229. The van der Waals surface area contributed by atoms with Crippen molar-refractivity contribution in [1.82, 2.24) is 4.98 Å². The molecule has 0 saturated heterocycles. The molecule has 1 heterocycles. The zero-order chi connectivity index (χ0) is 25.3. The predicted octanol–water partition coefficient (Wildman–Crippen LogP) is 7.86. The monoisotopic (exact) mass is 473 g/mol. The highest BCUT2D eigenvalue weighted by molar-refractivity contribution is 6.14. The molecule has 184 valence electrons. The van der Waals surface area contributed by atoms with E-state index in [9.17, 15) is 14.3 Å². The number of aliphatic hydroxyl groups excluding tert-OH is 1. The van der Waals surface area contributed by atoms with Gasteiger partial charge in [0, 0.05) is 28.3 Å². The van der Waals surface area contributed by atoms with E-state index >= 15 is 0 Å². The van der Waals surface area contributed by atoms with Gasteiger partial charge in [-0.15, -0.1) is 0 Å². The molecule has 1 aliphatic rings. The number of aliphatic hydroxyl groups is 1. The lowest BCUT2D eigenvalue weighted by Gasteiger charge is -2.28. The van der Waals surface area contributed by atoms with E-state index in [1.807, 2.05) is 38.1 Å². The Morgan fingerprint density at radius 1 is 1.03 bits per heavy atom. The largest absolute Gasteiger partial charge is 0.388 e. The van der Waals surface area contributed by atoms with Gasteiger partial charge in [0.05, 0.1) is 17.4 Å². The standard InChI is InChI=1S/C31H36FNO2/c1-19-10-12-23(13-11-19)30(35)28-27(21-14-16-24(32)17-15-21)26(25(34)18-31(3,4)5)20(2)33-29(28)22-8-6-7-9-22/h10-17,22,25,34H,6-9,18H2,1-5H3/t25-/m0/s1. The number of carbonyl (C=O) groups excluding carboxylic acids is 1. The van der Waals surface area contributed by atoms with E-state index in [-0.39, 0.29) is 22.9 Å². The molecule has 3 aromatic rings.